The minimum Gasteiger partial charge on any atom is -0.330 e. The Morgan fingerprint density at radius 3 is 2.71 bits per heavy atom. The lowest BCUT2D eigenvalue weighted by atomic mass is 10.1. The van der Waals surface area contributed by atoms with Gasteiger partial charge in [-0.05, 0) is 33.2 Å². The van der Waals surface area contributed by atoms with Gasteiger partial charge >= 0.3 is 0 Å². The maximum absolute atomic E-state index is 5.49. The number of hydrogen-bond donors (Lipinski definition) is 1. The van der Waals surface area contributed by atoms with Gasteiger partial charge in [-0.2, -0.15) is 0 Å². The molecule has 1 unspecified atom stereocenters. The van der Waals surface area contributed by atoms with Crippen LogP contribution in [0.2, 0.25) is 0 Å². The van der Waals surface area contributed by atoms with Crippen LogP contribution in [0.3, 0.4) is 0 Å². The SMILES string of the molecule is CCn1c(C)nnc1C(C)CCCN. The van der Waals surface area contributed by atoms with E-state index >= 15 is 0 Å². The topological polar surface area (TPSA) is 56.7 Å². The monoisotopic (exact) mass is 196 g/mol. The summed E-state index contributed by atoms with van der Waals surface area (Å²) in [5.74, 6) is 2.56. The summed E-state index contributed by atoms with van der Waals surface area (Å²) in [6.45, 7) is 8.00. The molecule has 1 atom stereocenters. The molecule has 1 rings (SSSR count). The number of hydrogen-bond acceptors (Lipinski definition) is 3. The van der Waals surface area contributed by atoms with Crippen molar-refractivity contribution >= 4 is 0 Å². The van der Waals surface area contributed by atoms with E-state index in [9.17, 15) is 0 Å². The van der Waals surface area contributed by atoms with Gasteiger partial charge < -0.3 is 10.3 Å². The third kappa shape index (κ3) is 2.32. The van der Waals surface area contributed by atoms with Crippen molar-refractivity contribution in [3.05, 3.63) is 11.6 Å². The second-order valence-corrected chi connectivity index (χ2v) is 3.68. The molecule has 0 aliphatic carbocycles. The van der Waals surface area contributed by atoms with Crippen LogP contribution in [0.25, 0.3) is 0 Å². The second kappa shape index (κ2) is 5.10. The molecule has 0 aliphatic rings. The molecule has 0 saturated heterocycles. The molecule has 0 radical (unpaired) electrons. The number of nitrogens with zero attached hydrogens (tertiary/aromatic N) is 3. The molecule has 4 nitrogen and oxygen atoms in total. The van der Waals surface area contributed by atoms with Crippen molar-refractivity contribution in [2.75, 3.05) is 6.54 Å². The average Bonchev–Trinajstić information content (AvgIpc) is 2.55. The first-order valence-corrected chi connectivity index (χ1v) is 5.30. The molecule has 0 spiro atoms. The fraction of sp³-hybridized carbons (Fsp3) is 0.800. The predicted octanol–water partition coefficient (Wildman–Crippen LogP) is 1.45. The zero-order valence-electron chi connectivity index (χ0n) is 9.32. The van der Waals surface area contributed by atoms with Crippen molar-refractivity contribution < 1.29 is 0 Å². The molecule has 0 fully saturated rings. The number of rotatable bonds is 5. The van der Waals surface area contributed by atoms with Gasteiger partial charge in [-0.1, -0.05) is 6.92 Å². The lowest BCUT2D eigenvalue weighted by Crippen LogP contribution is -2.09. The third-order valence-electron chi connectivity index (χ3n) is 2.56. The normalized spacial score (nSPS) is 13.1. The molecular formula is C10H20N4. The highest BCUT2D eigenvalue weighted by atomic mass is 15.3. The maximum atomic E-state index is 5.49. The van der Waals surface area contributed by atoms with E-state index in [0.29, 0.717) is 5.92 Å². The summed E-state index contributed by atoms with van der Waals surface area (Å²) < 4.78 is 2.17. The minimum absolute atomic E-state index is 0.458. The summed E-state index contributed by atoms with van der Waals surface area (Å²) in [6, 6.07) is 0. The molecule has 0 bridgehead atoms. The van der Waals surface area contributed by atoms with Crippen LogP contribution in [0.1, 0.15) is 44.3 Å². The van der Waals surface area contributed by atoms with Gasteiger partial charge in [0.25, 0.3) is 0 Å². The molecule has 1 aromatic heterocycles. The third-order valence-corrected chi connectivity index (χ3v) is 2.56. The standard InChI is InChI=1S/C10H20N4/c1-4-14-9(3)12-13-10(14)8(2)6-5-7-11/h8H,4-7,11H2,1-3H3. The van der Waals surface area contributed by atoms with E-state index in [1.54, 1.807) is 0 Å². The van der Waals surface area contributed by atoms with Gasteiger partial charge in [0.15, 0.2) is 0 Å². The van der Waals surface area contributed by atoms with Crippen LogP contribution in [-0.2, 0) is 6.54 Å². The Hall–Kier alpha value is -0.900. The maximum Gasteiger partial charge on any atom is 0.135 e. The van der Waals surface area contributed by atoms with E-state index in [1.165, 1.54) is 0 Å². The van der Waals surface area contributed by atoms with E-state index in [-0.39, 0.29) is 0 Å². The molecule has 2 N–H and O–H groups in total. The van der Waals surface area contributed by atoms with Crippen LogP contribution in [0.5, 0.6) is 0 Å². The first kappa shape index (κ1) is 11.2. The van der Waals surface area contributed by atoms with Gasteiger partial charge in [-0.15, -0.1) is 10.2 Å². The van der Waals surface area contributed by atoms with Crippen molar-refractivity contribution in [2.24, 2.45) is 5.73 Å². The van der Waals surface area contributed by atoms with Gasteiger partial charge in [0.2, 0.25) is 0 Å². The summed E-state index contributed by atoms with van der Waals surface area (Å²) in [5, 5.41) is 8.31. The smallest absolute Gasteiger partial charge is 0.135 e. The molecule has 80 valence electrons. The molecule has 1 aromatic rings. The van der Waals surface area contributed by atoms with E-state index in [4.69, 9.17) is 5.73 Å². The average molecular weight is 196 g/mol. The molecule has 0 saturated carbocycles. The highest BCUT2D eigenvalue weighted by Crippen LogP contribution is 2.18. The van der Waals surface area contributed by atoms with E-state index in [2.05, 4.69) is 28.6 Å². The van der Waals surface area contributed by atoms with Crippen LogP contribution in [0, 0.1) is 6.92 Å². The van der Waals surface area contributed by atoms with E-state index < -0.39 is 0 Å². The molecule has 0 aliphatic heterocycles. The van der Waals surface area contributed by atoms with Gasteiger partial charge in [0.05, 0.1) is 0 Å². The van der Waals surface area contributed by atoms with Gasteiger partial charge in [0, 0.05) is 12.5 Å². The highest BCUT2D eigenvalue weighted by molar-refractivity contribution is 4.99. The van der Waals surface area contributed by atoms with E-state index in [0.717, 1.165) is 37.6 Å². The van der Waals surface area contributed by atoms with Crippen LogP contribution in [-0.4, -0.2) is 21.3 Å². The Morgan fingerprint density at radius 1 is 1.43 bits per heavy atom. The minimum atomic E-state index is 0.458. The van der Waals surface area contributed by atoms with E-state index in [1.807, 2.05) is 6.92 Å². The molecular weight excluding hydrogens is 176 g/mol. The predicted molar refractivity (Wildman–Crippen MR) is 57.1 cm³/mol. The van der Waals surface area contributed by atoms with Crippen molar-refractivity contribution in [3.8, 4) is 0 Å². The summed E-state index contributed by atoms with van der Waals surface area (Å²) >= 11 is 0. The number of nitrogens with two attached hydrogens (primary N) is 1. The summed E-state index contributed by atoms with van der Waals surface area (Å²) in [7, 11) is 0. The highest BCUT2D eigenvalue weighted by Gasteiger charge is 2.13. The Bertz CT molecular complexity index is 280. The van der Waals surface area contributed by atoms with Crippen molar-refractivity contribution in [2.45, 2.75) is 46.1 Å². The summed E-state index contributed by atoms with van der Waals surface area (Å²) in [5.41, 5.74) is 5.49. The van der Waals surface area contributed by atoms with Crippen LogP contribution < -0.4 is 5.73 Å². The van der Waals surface area contributed by atoms with Crippen LogP contribution >= 0.6 is 0 Å². The van der Waals surface area contributed by atoms with Crippen molar-refractivity contribution in [1.82, 2.24) is 14.8 Å². The Morgan fingerprint density at radius 2 is 2.14 bits per heavy atom. The quantitative estimate of drug-likeness (QED) is 0.775. The molecule has 0 aromatic carbocycles. The van der Waals surface area contributed by atoms with Crippen molar-refractivity contribution in [1.29, 1.82) is 0 Å². The summed E-state index contributed by atoms with van der Waals surface area (Å²) in [4.78, 5) is 0. The van der Waals surface area contributed by atoms with Gasteiger partial charge in [0.1, 0.15) is 11.6 Å². The number of aromatic nitrogens is 3. The van der Waals surface area contributed by atoms with Gasteiger partial charge in [-0.3, -0.25) is 0 Å². The first-order valence-electron chi connectivity index (χ1n) is 5.30. The lowest BCUT2D eigenvalue weighted by molar-refractivity contribution is 0.563. The van der Waals surface area contributed by atoms with Crippen LogP contribution in [0.4, 0.5) is 0 Å². The molecule has 0 amide bonds. The first-order chi connectivity index (χ1) is 6.70. The zero-order chi connectivity index (χ0) is 10.6. The number of aryl methyl sites for hydroxylation is 1. The molecule has 4 heteroatoms. The molecule has 1 heterocycles. The second-order valence-electron chi connectivity index (χ2n) is 3.68. The largest absolute Gasteiger partial charge is 0.330 e. The van der Waals surface area contributed by atoms with Crippen LogP contribution in [0.15, 0.2) is 0 Å². The fourth-order valence-electron chi connectivity index (χ4n) is 1.71. The van der Waals surface area contributed by atoms with Gasteiger partial charge in [-0.25, -0.2) is 0 Å². The Kier molecular flexibility index (Phi) is 4.07. The lowest BCUT2D eigenvalue weighted by Gasteiger charge is -2.11. The van der Waals surface area contributed by atoms with Crippen molar-refractivity contribution in [3.63, 3.8) is 0 Å². The Balaban J connectivity index is 2.73. The molecule has 14 heavy (non-hydrogen) atoms. The zero-order valence-corrected chi connectivity index (χ0v) is 9.32. The summed E-state index contributed by atoms with van der Waals surface area (Å²) in [6.07, 6.45) is 2.14. The fourth-order valence-corrected chi connectivity index (χ4v) is 1.71. The Labute approximate surface area is 85.5 Å².